The molecular weight excluding hydrogens is 180 g/mol. The average molecular weight is 202 g/mol. The minimum absolute atomic E-state index is 0.475. The molecule has 0 nitrogen and oxygen atoms in total. The van der Waals surface area contributed by atoms with Gasteiger partial charge < -0.3 is 0 Å². The lowest BCUT2D eigenvalue weighted by Gasteiger charge is -2.39. The molecule has 0 N–H and O–H groups in total. The molecule has 1 aliphatic rings. The normalized spacial score (nSPS) is 23.9. The van der Waals surface area contributed by atoms with Crippen molar-refractivity contribution < 1.29 is 0 Å². The van der Waals surface area contributed by atoms with Gasteiger partial charge in [0.05, 0.1) is 0 Å². The van der Waals surface area contributed by atoms with Crippen LogP contribution in [0.5, 0.6) is 0 Å². The monoisotopic (exact) mass is 202 g/mol. The van der Waals surface area contributed by atoms with Crippen molar-refractivity contribution in [1.29, 1.82) is 0 Å². The molecule has 0 spiro atoms. The molecule has 0 radical (unpaired) electrons. The smallest absolute Gasteiger partial charge is 0.0131 e. The number of fused-ring (bicyclic) bond motifs is 1. The summed E-state index contributed by atoms with van der Waals surface area (Å²) >= 11 is 0. The molecule has 1 aliphatic carbocycles. The van der Waals surface area contributed by atoms with Gasteiger partial charge in [-0.1, -0.05) is 52.0 Å². The minimum Gasteiger partial charge on any atom is -0.0622 e. The first kappa shape index (κ1) is 10.7. The Morgan fingerprint density at radius 3 is 2.53 bits per heavy atom. The second kappa shape index (κ2) is 3.66. The van der Waals surface area contributed by atoms with Gasteiger partial charge >= 0.3 is 0 Å². The van der Waals surface area contributed by atoms with E-state index < -0.39 is 0 Å². The third-order valence-corrected chi connectivity index (χ3v) is 3.70. The van der Waals surface area contributed by atoms with Crippen molar-refractivity contribution in [2.45, 2.75) is 46.5 Å². The molecule has 0 heterocycles. The van der Waals surface area contributed by atoms with Gasteiger partial charge in [-0.3, -0.25) is 0 Å². The van der Waals surface area contributed by atoms with Crippen LogP contribution in [0.15, 0.2) is 24.3 Å². The van der Waals surface area contributed by atoms with E-state index in [0.717, 1.165) is 11.8 Å². The summed E-state index contributed by atoms with van der Waals surface area (Å²) in [5.74, 6) is 1.51. The molecule has 2 rings (SSSR count). The lowest BCUT2D eigenvalue weighted by Crippen LogP contribution is -2.27. The van der Waals surface area contributed by atoms with Crippen LogP contribution in [0.4, 0.5) is 0 Å². The van der Waals surface area contributed by atoms with Crippen molar-refractivity contribution in [1.82, 2.24) is 0 Å². The summed E-state index contributed by atoms with van der Waals surface area (Å²) in [4.78, 5) is 0. The van der Waals surface area contributed by atoms with Crippen LogP contribution in [0, 0.1) is 11.3 Å². The Bertz CT molecular complexity index is 347. The molecule has 1 atom stereocenters. The van der Waals surface area contributed by atoms with Crippen LogP contribution in [0.3, 0.4) is 0 Å². The summed E-state index contributed by atoms with van der Waals surface area (Å²) in [7, 11) is 0. The van der Waals surface area contributed by atoms with E-state index in [1.807, 2.05) is 0 Å². The maximum absolute atomic E-state index is 2.40. The van der Waals surface area contributed by atoms with Crippen LogP contribution in [0.25, 0.3) is 0 Å². The van der Waals surface area contributed by atoms with Crippen molar-refractivity contribution in [2.24, 2.45) is 11.3 Å². The maximum atomic E-state index is 2.40. The molecule has 0 saturated heterocycles. The van der Waals surface area contributed by atoms with E-state index in [2.05, 4.69) is 52.0 Å². The van der Waals surface area contributed by atoms with Gasteiger partial charge in [0, 0.05) is 0 Å². The SMILES string of the molecule is CC(C)[C@@H]1CC(C)(C)Cc2ccccc21. The van der Waals surface area contributed by atoms with Crippen molar-refractivity contribution in [3.63, 3.8) is 0 Å². The molecular formula is C15H22. The molecule has 0 amide bonds. The maximum Gasteiger partial charge on any atom is -0.0131 e. The molecule has 1 aromatic rings. The Balaban J connectivity index is 2.43. The molecule has 0 heteroatoms. The predicted molar refractivity (Wildman–Crippen MR) is 66.1 cm³/mol. The van der Waals surface area contributed by atoms with Crippen molar-refractivity contribution in [2.75, 3.05) is 0 Å². The first-order valence-electron chi connectivity index (χ1n) is 6.07. The van der Waals surface area contributed by atoms with Crippen LogP contribution in [-0.2, 0) is 6.42 Å². The van der Waals surface area contributed by atoms with E-state index in [4.69, 9.17) is 0 Å². The van der Waals surface area contributed by atoms with Crippen LogP contribution in [-0.4, -0.2) is 0 Å². The lowest BCUT2D eigenvalue weighted by atomic mass is 9.66. The Morgan fingerprint density at radius 2 is 1.87 bits per heavy atom. The lowest BCUT2D eigenvalue weighted by molar-refractivity contribution is 0.250. The molecule has 0 fully saturated rings. The Morgan fingerprint density at radius 1 is 1.20 bits per heavy atom. The fourth-order valence-electron chi connectivity index (χ4n) is 2.94. The number of rotatable bonds is 1. The van der Waals surface area contributed by atoms with Gasteiger partial charge in [0.15, 0.2) is 0 Å². The number of hydrogen-bond donors (Lipinski definition) is 0. The van der Waals surface area contributed by atoms with Crippen LogP contribution in [0.1, 0.15) is 51.2 Å². The fourth-order valence-corrected chi connectivity index (χ4v) is 2.94. The second-order valence-electron chi connectivity index (χ2n) is 6.09. The minimum atomic E-state index is 0.475. The van der Waals surface area contributed by atoms with E-state index in [-0.39, 0.29) is 0 Å². The molecule has 82 valence electrons. The Hall–Kier alpha value is -0.780. The molecule has 0 bridgehead atoms. The Kier molecular flexibility index (Phi) is 2.62. The third kappa shape index (κ3) is 2.09. The van der Waals surface area contributed by atoms with Gasteiger partial charge in [-0.05, 0) is 41.2 Å². The van der Waals surface area contributed by atoms with Gasteiger partial charge in [0.25, 0.3) is 0 Å². The highest BCUT2D eigenvalue weighted by Gasteiger charge is 2.32. The first-order chi connectivity index (χ1) is 6.99. The van der Waals surface area contributed by atoms with Gasteiger partial charge in [-0.25, -0.2) is 0 Å². The van der Waals surface area contributed by atoms with Gasteiger partial charge in [0.1, 0.15) is 0 Å². The molecule has 15 heavy (non-hydrogen) atoms. The molecule has 0 unspecified atom stereocenters. The summed E-state index contributed by atoms with van der Waals surface area (Å²) in [5.41, 5.74) is 3.66. The highest BCUT2D eigenvalue weighted by atomic mass is 14.4. The second-order valence-corrected chi connectivity index (χ2v) is 6.09. The molecule has 0 aliphatic heterocycles. The molecule has 0 saturated carbocycles. The van der Waals surface area contributed by atoms with Crippen LogP contribution in [0.2, 0.25) is 0 Å². The van der Waals surface area contributed by atoms with Crippen LogP contribution >= 0.6 is 0 Å². The van der Waals surface area contributed by atoms with Crippen LogP contribution < -0.4 is 0 Å². The van der Waals surface area contributed by atoms with Gasteiger partial charge in [-0.2, -0.15) is 0 Å². The quantitative estimate of drug-likeness (QED) is 0.633. The summed E-state index contributed by atoms with van der Waals surface area (Å²) in [6, 6.07) is 9.00. The van der Waals surface area contributed by atoms with E-state index in [9.17, 15) is 0 Å². The zero-order chi connectivity index (χ0) is 11.1. The molecule has 0 aromatic heterocycles. The van der Waals surface area contributed by atoms with E-state index in [1.54, 1.807) is 11.1 Å². The highest BCUT2D eigenvalue weighted by Crippen LogP contribution is 2.44. The summed E-state index contributed by atoms with van der Waals surface area (Å²) in [5, 5.41) is 0. The average Bonchev–Trinajstić information content (AvgIpc) is 2.14. The van der Waals surface area contributed by atoms with E-state index in [0.29, 0.717) is 5.41 Å². The summed E-state index contributed by atoms with van der Waals surface area (Å²) in [6.07, 6.45) is 2.58. The standard InChI is InChI=1S/C15H22/c1-11(2)14-10-15(3,4)9-12-7-5-6-8-13(12)14/h5-8,11,14H,9-10H2,1-4H3/t14-/m0/s1. The van der Waals surface area contributed by atoms with Gasteiger partial charge in [0.2, 0.25) is 0 Å². The van der Waals surface area contributed by atoms with E-state index >= 15 is 0 Å². The first-order valence-corrected chi connectivity index (χ1v) is 6.07. The Labute approximate surface area is 93.7 Å². The largest absolute Gasteiger partial charge is 0.0622 e. The topological polar surface area (TPSA) is 0 Å². The third-order valence-electron chi connectivity index (χ3n) is 3.70. The predicted octanol–water partition coefficient (Wildman–Crippen LogP) is 4.40. The van der Waals surface area contributed by atoms with Gasteiger partial charge in [-0.15, -0.1) is 0 Å². The zero-order valence-electron chi connectivity index (χ0n) is 10.4. The van der Waals surface area contributed by atoms with Crippen molar-refractivity contribution in [3.05, 3.63) is 35.4 Å². The number of hydrogen-bond acceptors (Lipinski definition) is 0. The van der Waals surface area contributed by atoms with E-state index in [1.165, 1.54) is 12.8 Å². The van der Waals surface area contributed by atoms with Crippen molar-refractivity contribution >= 4 is 0 Å². The highest BCUT2D eigenvalue weighted by molar-refractivity contribution is 5.34. The molecule has 1 aromatic carbocycles. The number of benzene rings is 1. The fraction of sp³-hybridized carbons (Fsp3) is 0.600. The summed E-state index contributed by atoms with van der Waals surface area (Å²) < 4.78 is 0. The zero-order valence-corrected chi connectivity index (χ0v) is 10.4. The van der Waals surface area contributed by atoms with Crippen molar-refractivity contribution in [3.8, 4) is 0 Å². The summed E-state index contributed by atoms with van der Waals surface area (Å²) in [6.45, 7) is 9.50.